The molecule has 0 amide bonds. The number of aromatic hydroxyl groups is 1. The molecule has 0 fully saturated rings. The van der Waals surface area contributed by atoms with E-state index in [4.69, 9.17) is 5.73 Å². The number of rotatable bonds is 3. The van der Waals surface area contributed by atoms with Gasteiger partial charge in [-0.25, -0.2) is 13.2 Å². The number of benzene rings is 1. The lowest BCUT2D eigenvalue weighted by atomic mass is 10.0. The van der Waals surface area contributed by atoms with Gasteiger partial charge in [0.1, 0.15) is 5.75 Å². The van der Waals surface area contributed by atoms with Crippen molar-refractivity contribution in [3.05, 3.63) is 29.1 Å². The molecular formula is C10H13ClF3NO. The summed E-state index contributed by atoms with van der Waals surface area (Å²) in [6, 6.07) is -0.298. The smallest absolute Gasteiger partial charge is 0.195 e. The van der Waals surface area contributed by atoms with Crippen LogP contribution in [0.1, 0.15) is 31.4 Å². The Morgan fingerprint density at radius 2 is 1.88 bits per heavy atom. The van der Waals surface area contributed by atoms with E-state index < -0.39 is 29.2 Å². The predicted molar refractivity (Wildman–Crippen MR) is 57.1 cm³/mol. The van der Waals surface area contributed by atoms with E-state index in [0.717, 1.165) is 0 Å². The Labute approximate surface area is 97.7 Å². The van der Waals surface area contributed by atoms with E-state index in [9.17, 15) is 18.3 Å². The Hall–Kier alpha value is -0.940. The molecule has 1 rings (SSSR count). The third kappa shape index (κ3) is 2.80. The van der Waals surface area contributed by atoms with Crippen LogP contribution in [0.5, 0.6) is 5.75 Å². The van der Waals surface area contributed by atoms with Gasteiger partial charge in [0.05, 0.1) is 0 Å². The van der Waals surface area contributed by atoms with Crippen LogP contribution in [0.25, 0.3) is 0 Å². The molecule has 0 heterocycles. The van der Waals surface area contributed by atoms with Crippen molar-refractivity contribution in [3.63, 3.8) is 0 Å². The van der Waals surface area contributed by atoms with Crippen LogP contribution < -0.4 is 5.73 Å². The Bertz CT molecular complexity index is 374. The highest BCUT2D eigenvalue weighted by Gasteiger charge is 2.22. The van der Waals surface area contributed by atoms with Crippen LogP contribution in [-0.2, 0) is 0 Å². The van der Waals surface area contributed by atoms with E-state index in [1.165, 1.54) is 0 Å². The highest BCUT2D eigenvalue weighted by Crippen LogP contribution is 2.31. The number of phenols is 1. The molecule has 0 saturated heterocycles. The van der Waals surface area contributed by atoms with E-state index in [0.29, 0.717) is 18.9 Å². The van der Waals surface area contributed by atoms with Gasteiger partial charge in [-0.3, -0.25) is 0 Å². The van der Waals surface area contributed by atoms with Crippen LogP contribution in [0.15, 0.2) is 6.07 Å². The van der Waals surface area contributed by atoms with Crippen LogP contribution in [0.4, 0.5) is 13.2 Å². The molecule has 0 radical (unpaired) electrons. The molecule has 3 N–H and O–H groups in total. The van der Waals surface area contributed by atoms with E-state index in [1.54, 1.807) is 0 Å². The summed E-state index contributed by atoms with van der Waals surface area (Å²) in [6.07, 6.45) is 1.04. The lowest BCUT2D eigenvalue weighted by Crippen LogP contribution is -2.13. The number of phenolic OH excluding ortho intramolecular Hbond substituents is 1. The largest absolute Gasteiger partial charge is 0.507 e. The van der Waals surface area contributed by atoms with Crippen LogP contribution >= 0.6 is 12.4 Å². The molecule has 1 aromatic rings. The highest BCUT2D eigenvalue weighted by atomic mass is 35.5. The number of halogens is 4. The van der Waals surface area contributed by atoms with Gasteiger partial charge in [-0.05, 0) is 6.42 Å². The van der Waals surface area contributed by atoms with Gasteiger partial charge >= 0.3 is 0 Å². The molecule has 0 unspecified atom stereocenters. The average molecular weight is 256 g/mol. The summed E-state index contributed by atoms with van der Waals surface area (Å²) < 4.78 is 38.8. The molecule has 0 aromatic heterocycles. The molecule has 0 aliphatic carbocycles. The van der Waals surface area contributed by atoms with Crippen molar-refractivity contribution in [3.8, 4) is 5.75 Å². The van der Waals surface area contributed by atoms with Gasteiger partial charge in [0.2, 0.25) is 0 Å². The summed E-state index contributed by atoms with van der Waals surface area (Å²) in [5, 5.41) is 9.27. The molecule has 6 heteroatoms. The Balaban J connectivity index is 0.00000225. The molecule has 0 aliphatic heterocycles. The summed E-state index contributed by atoms with van der Waals surface area (Å²) in [4.78, 5) is 0. The number of nitrogens with two attached hydrogens (primary N) is 1. The topological polar surface area (TPSA) is 46.2 Å². The number of hydrogen-bond acceptors (Lipinski definition) is 2. The van der Waals surface area contributed by atoms with Crippen molar-refractivity contribution >= 4 is 12.4 Å². The Kier molecular flexibility index (Phi) is 5.61. The van der Waals surface area contributed by atoms with Crippen LogP contribution in [0, 0.1) is 17.5 Å². The van der Waals surface area contributed by atoms with Gasteiger partial charge in [0.25, 0.3) is 0 Å². The van der Waals surface area contributed by atoms with Gasteiger partial charge < -0.3 is 10.8 Å². The second kappa shape index (κ2) is 5.96. The van der Waals surface area contributed by atoms with E-state index >= 15 is 0 Å². The minimum atomic E-state index is -1.60. The molecule has 1 aromatic carbocycles. The van der Waals surface area contributed by atoms with Crippen LogP contribution in [0.2, 0.25) is 0 Å². The summed E-state index contributed by atoms with van der Waals surface area (Å²) in [5.74, 6) is -5.08. The van der Waals surface area contributed by atoms with E-state index in [1.807, 2.05) is 6.92 Å². The fourth-order valence-corrected chi connectivity index (χ4v) is 1.40. The van der Waals surface area contributed by atoms with Crippen molar-refractivity contribution in [2.24, 2.45) is 5.73 Å². The third-order valence-electron chi connectivity index (χ3n) is 2.15. The minimum absolute atomic E-state index is 0. The first-order chi connectivity index (χ1) is 6.99. The maximum Gasteiger partial charge on any atom is 0.195 e. The zero-order chi connectivity index (χ0) is 11.6. The second-order valence-electron chi connectivity index (χ2n) is 3.31. The Morgan fingerprint density at radius 3 is 2.38 bits per heavy atom. The van der Waals surface area contributed by atoms with Crippen molar-refractivity contribution in [1.29, 1.82) is 0 Å². The standard InChI is InChI=1S/C10H12F3NO.ClH/c1-2-3-6(14)8-7(15)4-5(11)9(12)10(8)13;/h4,6,15H,2-3,14H2,1H3;1H/t6-;/m0./s1. The summed E-state index contributed by atoms with van der Waals surface area (Å²) >= 11 is 0. The fraction of sp³-hybridized carbons (Fsp3) is 0.400. The van der Waals surface area contributed by atoms with E-state index in [2.05, 4.69) is 0 Å². The molecule has 1 atom stereocenters. The lowest BCUT2D eigenvalue weighted by molar-refractivity contribution is 0.398. The van der Waals surface area contributed by atoms with Crippen LogP contribution in [-0.4, -0.2) is 5.11 Å². The first-order valence-corrected chi connectivity index (χ1v) is 4.61. The maximum absolute atomic E-state index is 13.2. The quantitative estimate of drug-likeness (QED) is 0.816. The van der Waals surface area contributed by atoms with Gasteiger partial charge in [-0.1, -0.05) is 13.3 Å². The Morgan fingerprint density at radius 1 is 1.31 bits per heavy atom. The molecule has 0 saturated carbocycles. The van der Waals surface area contributed by atoms with Gasteiger partial charge in [0, 0.05) is 17.7 Å². The van der Waals surface area contributed by atoms with Gasteiger partial charge in [-0.2, -0.15) is 0 Å². The van der Waals surface area contributed by atoms with Crippen molar-refractivity contribution in [2.75, 3.05) is 0 Å². The molecule has 2 nitrogen and oxygen atoms in total. The zero-order valence-electron chi connectivity index (χ0n) is 8.64. The monoisotopic (exact) mass is 255 g/mol. The minimum Gasteiger partial charge on any atom is -0.507 e. The molecule has 0 bridgehead atoms. The molecule has 16 heavy (non-hydrogen) atoms. The molecule has 0 spiro atoms. The van der Waals surface area contributed by atoms with Crippen LogP contribution in [0.3, 0.4) is 0 Å². The molecular weight excluding hydrogens is 243 g/mol. The van der Waals surface area contributed by atoms with Crippen molar-refractivity contribution < 1.29 is 18.3 Å². The average Bonchev–Trinajstić information content (AvgIpc) is 2.15. The van der Waals surface area contributed by atoms with Gasteiger partial charge in [0.15, 0.2) is 17.5 Å². The maximum atomic E-state index is 13.2. The van der Waals surface area contributed by atoms with Crippen molar-refractivity contribution in [2.45, 2.75) is 25.8 Å². The first kappa shape index (κ1) is 15.1. The SMILES string of the molecule is CCC[C@H](N)c1c(O)cc(F)c(F)c1F.Cl. The summed E-state index contributed by atoms with van der Waals surface area (Å²) in [6.45, 7) is 1.81. The summed E-state index contributed by atoms with van der Waals surface area (Å²) in [7, 11) is 0. The number of hydrogen-bond donors (Lipinski definition) is 2. The van der Waals surface area contributed by atoms with Gasteiger partial charge in [-0.15, -0.1) is 12.4 Å². The highest BCUT2D eigenvalue weighted by molar-refractivity contribution is 5.85. The second-order valence-corrected chi connectivity index (χ2v) is 3.31. The fourth-order valence-electron chi connectivity index (χ4n) is 1.40. The first-order valence-electron chi connectivity index (χ1n) is 4.61. The molecule has 92 valence electrons. The molecule has 0 aliphatic rings. The summed E-state index contributed by atoms with van der Waals surface area (Å²) in [5.41, 5.74) is 5.17. The zero-order valence-corrected chi connectivity index (χ0v) is 9.45. The van der Waals surface area contributed by atoms with E-state index in [-0.39, 0.29) is 18.0 Å². The predicted octanol–water partition coefficient (Wildman–Crippen LogP) is 3.03. The third-order valence-corrected chi connectivity index (χ3v) is 2.15. The lowest BCUT2D eigenvalue weighted by Gasteiger charge is -2.14. The van der Waals surface area contributed by atoms with Crippen molar-refractivity contribution in [1.82, 2.24) is 0 Å². The normalized spacial score (nSPS) is 12.1.